The van der Waals surface area contributed by atoms with E-state index in [1.165, 1.54) is 19.3 Å². The van der Waals surface area contributed by atoms with Crippen molar-refractivity contribution in [3.63, 3.8) is 0 Å². The van der Waals surface area contributed by atoms with Crippen LogP contribution in [0.2, 0.25) is 0 Å². The molecule has 1 aliphatic rings. The second-order valence-electron chi connectivity index (χ2n) is 6.41. The van der Waals surface area contributed by atoms with Gasteiger partial charge in [-0.1, -0.05) is 19.8 Å². The predicted molar refractivity (Wildman–Crippen MR) is 96.8 cm³/mol. The zero-order valence-electron chi connectivity index (χ0n) is 15.4. The number of carbonyl (C=O) groups is 1. The van der Waals surface area contributed by atoms with Gasteiger partial charge in [-0.15, -0.1) is 0 Å². The number of hydrogen-bond donors (Lipinski definition) is 2. The van der Waals surface area contributed by atoms with Crippen molar-refractivity contribution in [1.29, 1.82) is 0 Å². The summed E-state index contributed by atoms with van der Waals surface area (Å²) in [5.74, 6) is 1.12. The molecule has 0 spiro atoms. The molecule has 1 rings (SSSR count). The molecule has 1 atom stereocenters. The Kier molecular flexibility index (Phi) is 9.67. The molecule has 0 aromatic heterocycles. The molecule has 1 unspecified atom stereocenters. The summed E-state index contributed by atoms with van der Waals surface area (Å²) < 4.78 is 0. The summed E-state index contributed by atoms with van der Waals surface area (Å²) in [6.45, 7) is 6.06. The normalized spacial score (nSPS) is 19.0. The maximum Gasteiger partial charge on any atom is 0.239 e. The summed E-state index contributed by atoms with van der Waals surface area (Å²) in [5.41, 5.74) is 0. The van der Waals surface area contributed by atoms with Gasteiger partial charge in [-0.25, -0.2) is 0 Å². The molecule has 23 heavy (non-hydrogen) atoms. The molecule has 0 bridgehead atoms. The van der Waals surface area contributed by atoms with E-state index in [-0.39, 0.29) is 11.9 Å². The van der Waals surface area contributed by atoms with Gasteiger partial charge >= 0.3 is 0 Å². The van der Waals surface area contributed by atoms with E-state index in [4.69, 9.17) is 0 Å². The van der Waals surface area contributed by atoms with E-state index in [0.717, 1.165) is 51.4 Å². The summed E-state index contributed by atoms with van der Waals surface area (Å²) in [5, 5.41) is 6.69. The molecular formula is C17H35N5O. The zero-order chi connectivity index (χ0) is 17.1. The highest BCUT2D eigenvalue weighted by Crippen LogP contribution is 2.18. The topological polar surface area (TPSA) is 60.0 Å². The van der Waals surface area contributed by atoms with Gasteiger partial charge in [0, 0.05) is 40.8 Å². The van der Waals surface area contributed by atoms with E-state index >= 15 is 0 Å². The molecule has 0 aromatic rings. The first-order valence-electron chi connectivity index (χ1n) is 8.99. The Morgan fingerprint density at radius 2 is 1.91 bits per heavy atom. The fraction of sp³-hybridized carbons (Fsp3) is 0.882. The Hall–Kier alpha value is -1.30. The Bertz CT molecular complexity index is 370. The SMILES string of the molecule is CCCCCNC(=NC)NCCCN1CCCC1C(=O)N(C)C. The Morgan fingerprint density at radius 1 is 1.22 bits per heavy atom. The van der Waals surface area contributed by atoms with Gasteiger partial charge in [0.25, 0.3) is 0 Å². The third-order valence-electron chi connectivity index (χ3n) is 4.30. The lowest BCUT2D eigenvalue weighted by Crippen LogP contribution is -2.44. The lowest BCUT2D eigenvalue weighted by molar-refractivity contribution is -0.133. The van der Waals surface area contributed by atoms with Crippen molar-refractivity contribution in [2.24, 2.45) is 4.99 Å². The number of aliphatic imine (C=N–C) groups is 1. The molecule has 134 valence electrons. The second-order valence-corrected chi connectivity index (χ2v) is 6.41. The molecule has 6 nitrogen and oxygen atoms in total. The number of likely N-dealkylation sites (tertiary alicyclic amines) is 1. The van der Waals surface area contributed by atoms with Crippen LogP contribution in [0.3, 0.4) is 0 Å². The molecular weight excluding hydrogens is 290 g/mol. The van der Waals surface area contributed by atoms with E-state index < -0.39 is 0 Å². The maximum atomic E-state index is 12.2. The van der Waals surface area contributed by atoms with Crippen molar-refractivity contribution in [1.82, 2.24) is 20.4 Å². The molecule has 6 heteroatoms. The Balaban J connectivity index is 2.21. The molecule has 1 fully saturated rings. The Labute approximate surface area is 141 Å². The molecule has 1 amide bonds. The quantitative estimate of drug-likeness (QED) is 0.381. The summed E-state index contributed by atoms with van der Waals surface area (Å²) in [7, 11) is 5.49. The molecule has 2 N–H and O–H groups in total. The number of nitrogens with zero attached hydrogens (tertiary/aromatic N) is 3. The molecule has 0 radical (unpaired) electrons. The Morgan fingerprint density at radius 3 is 2.52 bits per heavy atom. The lowest BCUT2D eigenvalue weighted by atomic mass is 10.2. The van der Waals surface area contributed by atoms with Crippen molar-refractivity contribution in [2.45, 2.75) is 51.5 Å². The number of rotatable bonds is 9. The number of carbonyl (C=O) groups excluding carboxylic acids is 1. The van der Waals surface area contributed by atoms with Gasteiger partial charge in [-0.05, 0) is 32.2 Å². The monoisotopic (exact) mass is 325 g/mol. The van der Waals surface area contributed by atoms with Crippen LogP contribution >= 0.6 is 0 Å². The first-order valence-corrected chi connectivity index (χ1v) is 8.99. The largest absolute Gasteiger partial charge is 0.356 e. The summed E-state index contributed by atoms with van der Waals surface area (Å²) in [4.78, 5) is 20.4. The highest BCUT2D eigenvalue weighted by molar-refractivity contribution is 5.81. The van der Waals surface area contributed by atoms with Gasteiger partial charge in [0.05, 0.1) is 6.04 Å². The third-order valence-corrected chi connectivity index (χ3v) is 4.30. The zero-order valence-corrected chi connectivity index (χ0v) is 15.4. The van der Waals surface area contributed by atoms with Crippen LogP contribution in [0.1, 0.15) is 45.4 Å². The summed E-state index contributed by atoms with van der Waals surface area (Å²) in [6, 6.07) is 0.0801. The number of guanidine groups is 1. The van der Waals surface area contributed by atoms with E-state index in [0.29, 0.717) is 0 Å². The number of hydrogen-bond acceptors (Lipinski definition) is 3. The maximum absolute atomic E-state index is 12.2. The van der Waals surface area contributed by atoms with Crippen molar-refractivity contribution in [3.05, 3.63) is 0 Å². The van der Waals surface area contributed by atoms with Crippen LogP contribution in [-0.4, -0.2) is 75.0 Å². The molecule has 0 aromatic carbocycles. The minimum atomic E-state index is 0.0801. The molecule has 1 aliphatic heterocycles. The average Bonchev–Trinajstić information content (AvgIpc) is 3.00. The minimum Gasteiger partial charge on any atom is -0.356 e. The fourth-order valence-electron chi connectivity index (χ4n) is 2.96. The van der Waals surface area contributed by atoms with Gasteiger partial charge in [0.2, 0.25) is 5.91 Å². The van der Waals surface area contributed by atoms with E-state index in [9.17, 15) is 4.79 Å². The van der Waals surface area contributed by atoms with Crippen molar-refractivity contribution in [2.75, 3.05) is 47.3 Å². The second kappa shape index (κ2) is 11.3. The number of likely N-dealkylation sites (N-methyl/N-ethyl adjacent to an activating group) is 1. The highest BCUT2D eigenvalue weighted by atomic mass is 16.2. The van der Waals surface area contributed by atoms with E-state index in [2.05, 4.69) is 27.4 Å². The standard InChI is InChI=1S/C17H35N5O/c1-5-6-7-11-19-17(18-2)20-12-9-14-22-13-8-10-15(22)16(23)21(3)4/h15H,5-14H2,1-4H3,(H2,18,19,20). The first-order chi connectivity index (χ1) is 11.1. The van der Waals surface area contributed by atoms with Crippen LogP contribution in [0.4, 0.5) is 0 Å². The van der Waals surface area contributed by atoms with Crippen molar-refractivity contribution >= 4 is 11.9 Å². The van der Waals surface area contributed by atoms with Crippen LogP contribution in [0.25, 0.3) is 0 Å². The first kappa shape index (κ1) is 19.7. The van der Waals surface area contributed by atoms with Crippen molar-refractivity contribution in [3.8, 4) is 0 Å². The lowest BCUT2D eigenvalue weighted by Gasteiger charge is -2.26. The minimum absolute atomic E-state index is 0.0801. The summed E-state index contributed by atoms with van der Waals surface area (Å²) >= 11 is 0. The van der Waals surface area contributed by atoms with Crippen molar-refractivity contribution < 1.29 is 4.79 Å². The third kappa shape index (κ3) is 7.20. The highest BCUT2D eigenvalue weighted by Gasteiger charge is 2.30. The van der Waals surface area contributed by atoms with Gasteiger partial charge in [0.15, 0.2) is 5.96 Å². The van der Waals surface area contributed by atoms with Crippen LogP contribution < -0.4 is 10.6 Å². The fourth-order valence-corrected chi connectivity index (χ4v) is 2.96. The van der Waals surface area contributed by atoms with E-state index in [1.807, 2.05) is 14.1 Å². The van der Waals surface area contributed by atoms with Crippen LogP contribution in [0.15, 0.2) is 4.99 Å². The molecule has 1 heterocycles. The van der Waals surface area contributed by atoms with Gasteiger partial charge in [0.1, 0.15) is 0 Å². The molecule has 0 saturated carbocycles. The molecule has 0 aliphatic carbocycles. The smallest absolute Gasteiger partial charge is 0.239 e. The van der Waals surface area contributed by atoms with Crippen LogP contribution in [0.5, 0.6) is 0 Å². The average molecular weight is 326 g/mol. The van der Waals surface area contributed by atoms with Gasteiger partial charge < -0.3 is 15.5 Å². The van der Waals surface area contributed by atoms with Crippen LogP contribution in [-0.2, 0) is 4.79 Å². The van der Waals surface area contributed by atoms with Gasteiger partial charge in [-0.3, -0.25) is 14.7 Å². The van der Waals surface area contributed by atoms with Gasteiger partial charge in [-0.2, -0.15) is 0 Å². The molecule has 1 saturated heterocycles. The number of nitrogens with one attached hydrogen (secondary N) is 2. The summed E-state index contributed by atoms with van der Waals surface area (Å²) in [6.07, 6.45) is 6.80. The van der Waals surface area contributed by atoms with E-state index in [1.54, 1.807) is 11.9 Å². The van der Waals surface area contributed by atoms with Crippen LogP contribution in [0, 0.1) is 0 Å². The predicted octanol–water partition coefficient (Wildman–Crippen LogP) is 1.28. The number of amides is 1. The number of unbranched alkanes of at least 4 members (excludes halogenated alkanes) is 2.